The number of piperazine rings is 1. The fourth-order valence-electron chi connectivity index (χ4n) is 2.66. The summed E-state index contributed by atoms with van der Waals surface area (Å²) in [4.78, 5) is 1.39. The van der Waals surface area contributed by atoms with Gasteiger partial charge in [0.25, 0.3) is 0 Å². The van der Waals surface area contributed by atoms with Gasteiger partial charge in [0.05, 0.1) is 0 Å². The number of nitrogens with one attached hydrogen (secondary N) is 1. The van der Waals surface area contributed by atoms with Crippen LogP contribution in [0.25, 0.3) is 0 Å². The van der Waals surface area contributed by atoms with Gasteiger partial charge < -0.3 is 14.8 Å². The largest absolute Gasteiger partial charge is 0.454 e. The maximum absolute atomic E-state index is 13.5. The van der Waals surface area contributed by atoms with Crippen LogP contribution in [-0.2, 0) is 0 Å². The Morgan fingerprint density at radius 3 is 2.22 bits per heavy atom. The Hall–Kier alpha value is -0.600. The number of benzene rings is 1. The van der Waals surface area contributed by atoms with Gasteiger partial charge in [0.2, 0.25) is 6.79 Å². The average molecular weight is 396 g/mol. The summed E-state index contributed by atoms with van der Waals surface area (Å²) in [6, 6.07) is 0.993. The summed E-state index contributed by atoms with van der Waals surface area (Å²) in [6.45, 7) is 1.67. The molecule has 132 valence electrons. The fraction of sp³-hybridized carbons (Fsp3) is 0.538. The Morgan fingerprint density at radius 2 is 1.65 bits per heavy atom. The van der Waals surface area contributed by atoms with Crippen molar-refractivity contribution < 1.29 is 22.6 Å². The van der Waals surface area contributed by atoms with Crippen LogP contribution in [0.3, 0.4) is 0 Å². The molecule has 1 saturated heterocycles. The predicted octanol–water partition coefficient (Wildman–Crippen LogP) is 3.42. The van der Waals surface area contributed by atoms with Gasteiger partial charge >= 0.3 is 6.18 Å². The van der Waals surface area contributed by atoms with Crippen molar-refractivity contribution in [1.29, 1.82) is 0 Å². The monoisotopic (exact) mass is 394 g/mol. The second-order valence-corrected chi connectivity index (χ2v) is 5.36. The smallest absolute Gasteiger partial charge is 0.408 e. The van der Waals surface area contributed by atoms with Gasteiger partial charge in [0.15, 0.2) is 11.5 Å². The minimum Gasteiger partial charge on any atom is -0.454 e. The molecule has 0 radical (unpaired) electrons. The summed E-state index contributed by atoms with van der Waals surface area (Å²) in [5.41, 5.74) is 0.00955. The number of fused-ring (bicyclic) bond motifs is 1. The van der Waals surface area contributed by atoms with Crippen LogP contribution >= 0.6 is 36.4 Å². The number of ether oxygens (including phenoxy) is 2. The molecule has 0 bridgehead atoms. The zero-order chi connectivity index (χ0) is 15.0. The van der Waals surface area contributed by atoms with Crippen molar-refractivity contribution in [3.05, 3.63) is 22.7 Å². The van der Waals surface area contributed by atoms with E-state index in [1.807, 2.05) is 0 Å². The summed E-state index contributed by atoms with van der Waals surface area (Å²) in [7, 11) is 0. The third-order valence-corrected chi connectivity index (χ3v) is 3.94. The highest BCUT2D eigenvalue weighted by atomic mass is 35.5. The first-order valence-electron chi connectivity index (χ1n) is 6.57. The van der Waals surface area contributed by atoms with Gasteiger partial charge in [0.1, 0.15) is 6.04 Å². The first-order valence-corrected chi connectivity index (χ1v) is 6.95. The summed E-state index contributed by atoms with van der Waals surface area (Å²) >= 11 is 6.05. The molecule has 1 N–H and O–H groups in total. The molecule has 10 heteroatoms. The van der Waals surface area contributed by atoms with Crippen LogP contribution in [0.1, 0.15) is 11.6 Å². The molecule has 1 aromatic carbocycles. The standard InChI is InChI=1S/C13H14ClF3N2O2.2ClH/c14-9-6-11-10(20-7-21-11)5-8(9)12(13(15,16)17)19-3-1-18-2-4-19;;/h5-6,12,18H,1-4,7H2;2*1H/t12-;;/m1../s1. The van der Waals surface area contributed by atoms with Crippen molar-refractivity contribution in [2.45, 2.75) is 12.2 Å². The molecule has 2 aliphatic heterocycles. The van der Waals surface area contributed by atoms with E-state index in [1.54, 1.807) is 0 Å². The Kier molecular flexibility index (Phi) is 7.10. The maximum Gasteiger partial charge on any atom is 0.408 e. The highest BCUT2D eigenvalue weighted by Crippen LogP contribution is 2.45. The minimum absolute atomic E-state index is 0. The van der Waals surface area contributed by atoms with Gasteiger partial charge in [-0.25, -0.2) is 0 Å². The summed E-state index contributed by atoms with van der Waals surface area (Å²) in [6.07, 6.45) is -4.41. The number of halogens is 6. The molecule has 0 aromatic heterocycles. The molecular weight excluding hydrogens is 380 g/mol. The van der Waals surface area contributed by atoms with E-state index < -0.39 is 12.2 Å². The quantitative estimate of drug-likeness (QED) is 0.832. The number of hydrogen-bond donors (Lipinski definition) is 1. The molecule has 23 heavy (non-hydrogen) atoms. The number of alkyl halides is 3. The molecule has 2 heterocycles. The van der Waals surface area contributed by atoms with Crippen LogP contribution in [0.5, 0.6) is 11.5 Å². The van der Waals surface area contributed by atoms with E-state index in [0.717, 1.165) is 0 Å². The third kappa shape index (κ3) is 4.28. The Bertz CT molecular complexity index is 540. The first kappa shape index (κ1) is 20.4. The van der Waals surface area contributed by atoms with Crippen LogP contribution in [0.15, 0.2) is 12.1 Å². The van der Waals surface area contributed by atoms with Crippen LogP contribution in [0.2, 0.25) is 5.02 Å². The van der Waals surface area contributed by atoms with E-state index in [0.29, 0.717) is 37.7 Å². The van der Waals surface area contributed by atoms with Crippen LogP contribution in [-0.4, -0.2) is 44.0 Å². The molecular formula is C13H16Cl3F3N2O2. The maximum atomic E-state index is 13.5. The molecule has 1 fully saturated rings. The Morgan fingerprint density at radius 1 is 1.09 bits per heavy atom. The molecule has 0 unspecified atom stereocenters. The highest BCUT2D eigenvalue weighted by Gasteiger charge is 2.46. The number of nitrogens with zero attached hydrogens (tertiary/aromatic N) is 1. The van der Waals surface area contributed by atoms with E-state index in [-0.39, 0.29) is 42.2 Å². The summed E-state index contributed by atoms with van der Waals surface area (Å²) < 4.78 is 50.9. The van der Waals surface area contributed by atoms with Crippen molar-refractivity contribution in [3.8, 4) is 11.5 Å². The van der Waals surface area contributed by atoms with Crippen molar-refractivity contribution in [3.63, 3.8) is 0 Å². The van der Waals surface area contributed by atoms with Gasteiger partial charge in [-0.1, -0.05) is 11.6 Å². The molecule has 1 aromatic rings. The van der Waals surface area contributed by atoms with Crippen molar-refractivity contribution in [2.24, 2.45) is 0 Å². The summed E-state index contributed by atoms with van der Waals surface area (Å²) in [5.74, 6) is 0.684. The number of rotatable bonds is 2. The molecule has 0 saturated carbocycles. The zero-order valence-electron chi connectivity index (χ0n) is 11.9. The van der Waals surface area contributed by atoms with Gasteiger partial charge in [-0.05, 0) is 6.07 Å². The van der Waals surface area contributed by atoms with Crippen molar-refractivity contribution in [2.75, 3.05) is 33.0 Å². The summed E-state index contributed by atoms with van der Waals surface area (Å²) in [5, 5.41) is 3.08. The van der Waals surface area contributed by atoms with Gasteiger partial charge in [-0.2, -0.15) is 13.2 Å². The second-order valence-electron chi connectivity index (χ2n) is 4.96. The molecule has 0 aliphatic carbocycles. The van der Waals surface area contributed by atoms with E-state index in [2.05, 4.69) is 5.32 Å². The van der Waals surface area contributed by atoms with E-state index in [1.165, 1.54) is 17.0 Å². The lowest BCUT2D eigenvalue weighted by molar-refractivity contribution is -0.187. The molecule has 4 nitrogen and oxygen atoms in total. The van der Waals surface area contributed by atoms with E-state index >= 15 is 0 Å². The molecule has 3 rings (SSSR count). The zero-order valence-corrected chi connectivity index (χ0v) is 14.2. The Labute approximate surface area is 149 Å². The lowest BCUT2D eigenvalue weighted by atomic mass is 10.0. The highest BCUT2D eigenvalue weighted by molar-refractivity contribution is 6.31. The molecule has 0 spiro atoms. The van der Waals surface area contributed by atoms with Crippen LogP contribution in [0.4, 0.5) is 13.2 Å². The molecule has 2 aliphatic rings. The normalized spacial score (nSPS) is 18.8. The Balaban J connectivity index is 0.00000132. The predicted molar refractivity (Wildman–Crippen MR) is 85.3 cm³/mol. The van der Waals surface area contributed by atoms with E-state index in [9.17, 15) is 13.2 Å². The molecule has 0 amide bonds. The average Bonchev–Trinajstić information content (AvgIpc) is 2.86. The van der Waals surface area contributed by atoms with E-state index in [4.69, 9.17) is 21.1 Å². The van der Waals surface area contributed by atoms with Crippen molar-refractivity contribution >= 4 is 36.4 Å². The van der Waals surface area contributed by atoms with Gasteiger partial charge in [0, 0.05) is 42.8 Å². The van der Waals surface area contributed by atoms with Gasteiger partial charge in [-0.3, -0.25) is 4.90 Å². The fourth-order valence-corrected chi connectivity index (χ4v) is 2.92. The SMILES string of the molecule is Cl.Cl.FC(F)(F)[C@@H](c1cc2c(cc1Cl)OCO2)N1CCNCC1. The lowest BCUT2D eigenvalue weighted by Crippen LogP contribution is -2.49. The van der Waals surface area contributed by atoms with Crippen LogP contribution < -0.4 is 14.8 Å². The number of hydrogen-bond acceptors (Lipinski definition) is 4. The van der Waals surface area contributed by atoms with Crippen LogP contribution in [0, 0.1) is 0 Å². The second kappa shape index (κ2) is 7.98. The first-order chi connectivity index (χ1) is 9.97. The van der Waals surface area contributed by atoms with Crippen molar-refractivity contribution in [1.82, 2.24) is 10.2 Å². The lowest BCUT2D eigenvalue weighted by Gasteiger charge is -2.36. The molecule has 1 atom stereocenters. The topological polar surface area (TPSA) is 33.7 Å². The van der Waals surface area contributed by atoms with Gasteiger partial charge in [-0.15, -0.1) is 24.8 Å². The third-order valence-electron chi connectivity index (χ3n) is 3.61. The minimum atomic E-state index is -4.41.